The van der Waals surface area contributed by atoms with E-state index in [1.807, 2.05) is 6.07 Å². The van der Waals surface area contributed by atoms with Crippen LogP contribution in [-0.4, -0.2) is 41.6 Å². The van der Waals surface area contributed by atoms with Gasteiger partial charge in [0.25, 0.3) is 0 Å². The number of nitrogens with zero attached hydrogens (tertiary/aromatic N) is 2. The second kappa shape index (κ2) is 6.92. The number of aromatic nitrogens is 2. The zero-order valence-corrected chi connectivity index (χ0v) is 15.1. The highest BCUT2D eigenvalue weighted by Crippen LogP contribution is 2.36. The molecule has 26 heavy (non-hydrogen) atoms. The van der Waals surface area contributed by atoms with Crippen LogP contribution < -0.4 is 4.74 Å². The Hall–Kier alpha value is -2.66. The van der Waals surface area contributed by atoms with E-state index in [1.165, 1.54) is 17.7 Å². The number of methoxy groups -OCH3 is 1. The van der Waals surface area contributed by atoms with E-state index < -0.39 is 0 Å². The minimum Gasteiger partial charge on any atom is -0.496 e. The Bertz CT molecular complexity index is 977. The number of benzene rings is 1. The minimum absolute atomic E-state index is 0.281. The van der Waals surface area contributed by atoms with E-state index in [0.29, 0.717) is 5.75 Å². The van der Waals surface area contributed by atoms with E-state index in [2.05, 4.69) is 33.9 Å². The van der Waals surface area contributed by atoms with Crippen molar-refractivity contribution >= 4 is 16.6 Å². The summed E-state index contributed by atoms with van der Waals surface area (Å²) in [5.41, 5.74) is 4.86. The first-order valence-electron chi connectivity index (χ1n) is 8.93. The Labute approximate surface area is 152 Å². The van der Waals surface area contributed by atoms with Crippen molar-refractivity contribution in [2.75, 3.05) is 26.7 Å². The van der Waals surface area contributed by atoms with Crippen molar-refractivity contribution < 1.29 is 9.13 Å². The number of hydrogen-bond acceptors (Lipinski definition) is 3. The predicted molar refractivity (Wildman–Crippen MR) is 103 cm³/mol. The molecule has 1 aliphatic heterocycles. The first-order valence-corrected chi connectivity index (χ1v) is 8.93. The standard InChI is InChI=1S/C21H22FN3O/c1-3-25-10-7-14(8-11-25)19-13-18-16(6-9-23-21(18)24-19)17-12-15(22)4-5-20(17)26-2/h4-7,9,12-13H,3,8,10-11H2,1-2H3,(H,23,24). The highest BCUT2D eigenvalue weighted by Gasteiger charge is 2.17. The van der Waals surface area contributed by atoms with Crippen LogP contribution >= 0.6 is 0 Å². The summed E-state index contributed by atoms with van der Waals surface area (Å²) in [5.74, 6) is 0.369. The van der Waals surface area contributed by atoms with E-state index in [4.69, 9.17) is 4.74 Å². The predicted octanol–water partition coefficient (Wildman–Crippen LogP) is 4.49. The van der Waals surface area contributed by atoms with Crippen LogP contribution in [0.5, 0.6) is 5.75 Å². The molecule has 1 aliphatic rings. The average molecular weight is 351 g/mol. The first kappa shape index (κ1) is 16.8. The summed E-state index contributed by atoms with van der Waals surface area (Å²) in [6, 6.07) is 8.61. The Morgan fingerprint density at radius 3 is 2.85 bits per heavy atom. The summed E-state index contributed by atoms with van der Waals surface area (Å²) < 4.78 is 19.3. The second-order valence-electron chi connectivity index (χ2n) is 6.52. The molecule has 0 aliphatic carbocycles. The third-order valence-electron chi connectivity index (χ3n) is 5.07. The molecule has 0 fully saturated rings. The van der Waals surface area contributed by atoms with Gasteiger partial charge < -0.3 is 9.72 Å². The zero-order chi connectivity index (χ0) is 18.1. The molecule has 0 saturated carbocycles. The normalized spacial score (nSPS) is 15.3. The van der Waals surface area contributed by atoms with E-state index in [-0.39, 0.29) is 5.82 Å². The Balaban J connectivity index is 1.80. The SMILES string of the molecule is CCN1CC=C(c2cc3c(-c4cc(F)ccc4OC)ccnc3[nH]2)CC1. The molecule has 3 aromatic rings. The molecule has 0 amide bonds. The van der Waals surface area contributed by atoms with Crippen molar-refractivity contribution in [1.29, 1.82) is 0 Å². The van der Waals surface area contributed by atoms with Crippen molar-refractivity contribution in [3.63, 3.8) is 0 Å². The highest BCUT2D eigenvalue weighted by molar-refractivity contribution is 5.96. The van der Waals surface area contributed by atoms with Gasteiger partial charge in [-0.25, -0.2) is 9.37 Å². The minimum atomic E-state index is -0.281. The molecular formula is C21H22FN3O. The fourth-order valence-electron chi connectivity index (χ4n) is 3.57. The zero-order valence-electron chi connectivity index (χ0n) is 15.1. The quantitative estimate of drug-likeness (QED) is 0.753. The van der Waals surface area contributed by atoms with Crippen LogP contribution in [0.3, 0.4) is 0 Å². The number of ether oxygens (including phenoxy) is 1. The molecule has 0 bridgehead atoms. The number of nitrogens with one attached hydrogen (secondary N) is 1. The molecule has 0 radical (unpaired) electrons. The molecule has 0 saturated heterocycles. The largest absolute Gasteiger partial charge is 0.496 e. The number of aromatic amines is 1. The Kier molecular flexibility index (Phi) is 4.47. The molecule has 1 N–H and O–H groups in total. The summed E-state index contributed by atoms with van der Waals surface area (Å²) in [7, 11) is 1.60. The molecule has 0 spiro atoms. The van der Waals surface area contributed by atoms with Gasteiger partial charge >= 0.3 is 0 Å². The molecule has 4 rings (SSSR count). The van der Waals surface area contributed by atoms with Gasteiger partial charge in [-0.15, -0.1) is 0 Å². The highest BCUT2D eigenvalue weighted by atomic mass is 19.1. The van der Waals surface area contributed by atoms with Gasteiger partial charge in [0.05, 0.1) is 7.11 Å². The van der Waals surface area contributed by atoms with Gasteiger partial charge in [0.1, 0.15) is 17.2 Å². The summed E-state index contributed by atoms with van der Waals surface area (Å²) in [5, 5.41) is 0.977. The molecule has 0 unspecified atom stereocenters. The lowest BCUT2D eigenvalue weighted by atomic mass is 10.0. The van der Waals surface area contributed by atoms with Gasteiger partial charge in [0.15, 0.2) is 0 Å². The molecule has 4 nitrogen and oxygen atoms in total. The summed E-state index contributed by atoms with van der Waals surface area (Å²) in [4.78, 5) is 10.3. The summed E-state index contributed by atoms with van der Waals surface area (Å²) in [6.07, 6.45) is 5.04. The van der Waals surface area contributed by atoms with E-state index in [9.17, 15) is 4.39 Å². The van der Waals surface area contributed by atoms with Crippen LogP contribution in [-0.2, 0) is 0 Å². The number of rotatable bonds is 4. The van der Waals surface area contributed by atoms with Crippen molar-refractivity contribution in [2.24, 2.45) is 0 Å². The Morgan fingerprint density at radius 1 is 1.23 bits per heavy atom. The van der Waals surface area contributed by atoms with Gasteiger partial charge in [-0.1, -0.05) is 13.0 Å². The molecule has 2 aromatic heterocycles. The van der Waals surface area contributed by atoms with Crippen LogP contribution in [0.25, 0.3) is 27.7 Å². The van der Waals surface area contributed by atoms with Crippen molar-refractivity contribution in [1.82, 2.24) is 14.9 Å². The number of fused-ring (bicyclic) bond motifs is 1. The molecule has 5 heteroatoms. The Morgan fingerprint density at radius 2 is 2.12 bits per heavy atom. The molecule has 134 valence electrons. The maximum atomic E-state index is 13.8. The van der Waals surface area contributed by atoms with E-state index in [0.717, 1.165) is 53.9 Å². The van der Waals surface area contributed by atoms with Crippen LogP contribution in [0.4, 0.5) is 4.39 Å². The maximum absolute atomic E-state index is 13.8. The first-order chi connectivity index (χ1) is 12.7. The fraction of sp³-hybridized carbons (Fsp3) is 0.286. The third kappa shape index (κ3) is 2.99. The number of H-pyrrole nitrogens is 1. The lowest BCUT2D eigenvalue weighted by Crippen LogP contribution is -2.28. The number of likely N-dealkylation sites (N-methyl/N-ethyl adjacent to an activating group) is 1. The second-order valence-corrected chi connectivity index (χ2v) is 6.52. The molecular weight excluding hydrogens is 329 g/mol. The molecule has 0 atom stereocenters. The maximum Gasteiger partial charge on any atom is 0.138 e. The van der Waals surface area contributed by atoms with E-state index >= 15 is 0 Å². The van der Waals surface area contributed by atoms with Crippen molar-refractivity contribution in [3.8, 4) is 16.9 Å². The number of hydrogen-bond donors (Lipinski definition) is 1. The van der Waals surface area contributed by atoms with Gasteiger partial charge in [-0.2, -0.15) is 0 Å². The summed E-state index contributed by atoms with van der Waals surface area (Å²) >= 11 is 0. The molecule has 3 heterocycles. The van der Waals surface area contributed by atoms with Gasteiger partial charge in [0, 0.05) is 35.9 Å². The topological polar surface area (TPSA) is 41.1 Å². The van der Waals surface area contributed by atoms with Crippen molar-refractivity contribution in [2.45, 2.75) is 13.3 Å². The lowest BCUT2D eigenvalue weighted by molar-refractivity contribution is 0.318. The number of pyridine rings is 1. The van der Waals surface area contributed by atoms with Gasteiger partial charge in [-0.3, -0.25) is 4.90 Å². The smallest absolute Gasteiger partial charge is 0.138 e. The fourth-order valence-corrected chi connectivity index (χ4v) is 3.57. The van der Waals surface area contributed by atoms with Crippen LogP contribution in [0.2, 0.25) is 0 Å². The third-order valence-corrected chi connectivity index (χ3v) is 5.07. The monoisotopic (exact) mass is 351 g/mol. The van der Waals surface area contributed by atoms with Crippen LogP contribution in [0.1, 0.15) is 19.0 Å². The lowest BCUT2D eigenvalue weighted by Gasteiger charge is -2.24. The molecule has 1 aromatic carbocycles. The average Bonchev–Trinajstić information content (AvgIpc) is 3.12. The van der Waals surface area contributed by atoms with Gasteiger partial charge in [-0.05, 0) is 54.4 Å². The van der Waals surface area contributed by atoms with Crippen LogP contribution in [0, 0.1) is 5.82 Å². The van der Waals surface area contributed by atoms with Crippen LogP contribution in [0.15, 0.2) is 42.6 Å². The summed E-state index contributed by atoms with van der Waals surface area (Å²) in [6.45, 7) is 5.29. The van der Waals surface area contributed by atoms with E-state index in [1.54, 1.807) is 19.4 Å². The van der Waals surface area contributed by atoms with Crippen molar-refractivity contribution in [3.05, 3.63) is 54.1 Å². The number of halogens is 1. The van der Waals surface area contributed by atoms with Gasteiger partial charge in [0.2, 0.25) is 0 Å².